The highest BCUT2D eigenvalue weighted by Crippen LogP contribution is 2.38. The topological polar surface area (TPSA) is 35.8 Å². The first-order valence-electron chi connectivity index (χ1n) is 7.20. The van der Waals surface area contributed by atoms with Gasteiger partial charge in [0, 0.05) is 16.0 Å². The van der Waals surface area contributed by atoms with Crippen molar-refractivity contribution in [3.8, 4) is 6.07 Å². The third-order valence-electron chi connectivity index (χ3n) is 3.83. The molecule has 0 amide bonds. The molecule has 0 spiro atoms. The van der Waals surface area contributed by atoms with Gasteiger partial charge in [-0.05, 0) is 43.9 Å². The fourth-order valence-corrected chi connectivity index (χ4v) is 4.27. The predicted molar refractivity (Wildman–Crippen MR) is 87.0 cm³/mol. The van der Waals surface area contributed by atoms with Crippen LogP contribution in [0.15, 0.2) is 24.3 Å². The number of nitrogens with zero attached hydrogens (tertiary/aromatic N) is 1. The molecule has 20 heavy (non-hydrogen) atoms. The van der Waals surface area contributed by atoms with Crippen molar-refractivity contribution in [3.63, 3.8) is 0 Å². The van der Waals surface area contributed by atoms with Crippen LogP contribution in [0.25, 0.3) is 0 Å². The van der Waals surface area contributed by atoms with Gasteiger partial charge in [0.1, 0.15) is 5.54 Å². The fourth-order valence-electron chi connectivity index (χ4n) is 2.63. The lowest BCUT2D eigenvalue weighted by Gasteiger charge is -2.22. The van der Waals surface area contributed by atoms with Crippen LogP contribution in [0.3, 0.4) is 0 Å². The van der Waals surface area contributed by atoms with Gasteiger partial charge in [-0.25, -0.2) is 0 Å². The Morgan fingerprint density at radius 2 is 2.30 bits per heavy atom. The fraction of sp³-hybridized carbons (Fsp3) is 0.562. The summed E-state index contributed by atoms with van der Waals surface area (Å²) in [6.07, 6.45) is 4.09. The third kappa shape index (κ3) is 3.91. The lowest BCUT2D eigenvalue weighted by Crippen LogP contribution is -2.42. The van der Waals surface area contributed by atoms with E-state index in [1.165, 1.54) is 5.56 Å². The maximum absolute atomic E-state index is 9.45. The van der Waals surface area contributed by atoms with Crippen molar-refractivity contribution in [2.75, 3.05) is 6.54 Å². The molecule has 2 atom stereocenters. The summed E-state index contributed by atoms with van der Waals surface area (Å²) >= 11 is 8.11. The predicted octanol–water partition coefficient (Wildman–Crippen LogP) is 4.39. The average Bonchev–Trinajstić information content (AvgIpc) is 2.89. The van der Waals surface area contributed by atoms with E-state index in [4.69, 9.17) is 11.6 Å². The first kappa shape index (κ1) is 15.7. The normalized spacial score (nSPS) is 25.6. The molecule has 2 rings (SSSR count). The molecular formula is C16H21ClN2S. The van der Waals surface area contributed by atoms with E-state index in [2.05, 4.69) is 24.4 Å². The van der Waals surface area contributed by atoms with Gasteiger partial charge >= 0.3 is 0 Å². The molecule has 0 bridgehead atoms. The Balaban J connectivity index is 1.87. The van der Waals surface area contributed by atoms with Crippen LogP contribution in [0.2, 0.25) is 5.02 Å². The average molecular weight is 309 g/mol. The third-order valence-corrected chi connectivity index (χ3v) is 5.55. The molecule has 1 aliphatic carbocycles. The smallest absolute Gasteiger partial charge is 0.107 e. The van der Waals surface area contributed by atoms with Gasteiger partial charge in [-0.1, -0.05) is 36.7 Å². The molecule has 0 aliphatic heterocycles. The van der Waals surface area contributed by atoms with Gasteiger partial charge in [0.05, 0.1) is 6.07 Å². The van der Waals surface area contributed by atoms with Gasteiger partial charge in [0.25, 0.3) is 0 Å². The molecule has 1 aromatic carbocycles. The van der Waals surface area contributed by atoms with Crippen LogP contribution in [-0.2, 0) is 5.75 Å². The Kier molecular flexibility index (Phi) is 5.77. The summed E-state index contributed by atoms with van der Waals surface area (Å²) in [6.45, 7) is 3.06. The van der Waals surface area contributed by atoms with Crippen molar-refractivity contribution in [2.45, 2.75) is 49.1 Å². The minimum absolute atomic E-state index is 0.297. The zero-order chi connectivity index (χ0) is 14.4. The van der Waals surface area contributed by atoms with Crippen molar-refractivity contribution in [3.05, 3.63) is 34.9 Å². The lowest BCUT2D eigenvalue weighted by atomic mass is 10.00. The highest BCUT2D eigenvalue weighted by Gasteiger charge is 2.38. The van der Waals surface area contributed by atoms with Crippen molar-refractivity contribution in [1.29, 1.82) is 5.26 Å². The number of nitriles is 1. The molecule has 0 radical (unpaired) electrons. The van der Waals surface area contributed by atoms with Crippen LogP contribution in [0, 0.1) is 11.3 Å². The van der Waals surface area contributed by atoms with E-state index < -0.39 is 0 Å². The molecule has 1 saturated carbocycles. The highest BCUT2D eigenvalue weighted by molar-refractivity contribution is 7.99. The van der Waals surface area contributed by atoms with E-state index >= 15 is 0 Å². The Labute approximate surface area is 130 Å². The highest BCUT2D eigenvalue weighted by atomic mass is 35.5. The lowest BCUT2D eigenvalue weighted by molar-refractivity contribution is 0.424. The van der Waals surface area contributed by atoms with Gasteiger partial charge < -0.3 is 0 Å². The van der Waals surface area contributed by atoms with Gasteiger partial charge in [-0.2, -0.15) is 17.0 Å². The molecule has 2 unspecified atom stereocenters. The van der Waals surface area contributed by atoms with Crippen LogP contribution >= 0.6 is 23.4 Å². The van der Waals surface area contributed by atoms with Crippen molar-refractivity contribution < 1.29 is 0 Å². The summed E-state index contributed by atoms with van der Waals surface area (Å²) in [5.41, 5.74) is 0.892. The summed E-state index contributed by atoms with van der Waals surface area (Å²) < 4.78 is 0. The number of thioether (sulfide) groups is 1. The van der Waals surface area contributed by atoms with E-state index in [-0.39, 0.29) is 5.54 Å². The molecule has 0 aromatic heterocycles. The summed E-state index contributed by atoms with van der Waals surface area (Å²) in [5.74, 6) is 0.930. The van der Waals surface area contributed by atoms with Crippen molar-refractivity contribution in [2.24, 2.45) is 0 Å². The second-order valence-electron chi connectivity index (χ2n) is 5.39. The van der Waals surface area contributed by atoms with E-state index in [1.54, 1.807) is 0 Å². The second kappa shape index (κ2) is 7.36. The molecular weight excluding hydrogens is 288 g/mol. The van der Waals surface area contributed by atoms with E-state index in [9.17, 15) is 5.26 Å². The van der Waals surface area contributed by atoms with Crippen LogP contribution < -0.4 is 5.32 Å². The first-order chi connectivity index (χ1) is 9.69. The van der Waals surface area contributed by atoms with E-state index in [0.717, 1.165) is 43.0 Å². The molecule has 0 heterocycles. The van der Waals surface area contributed by atoms with Crippen LogP contribution in [-0.4, -0.2) is 17.3 Å². The molecule has 2 nitrogen and oxygen atoms in total. The van der Waals surface area contributed by atoms with Crippen molar-refractivity contribution in [1.82, 2.24) is 5.32 Å². The Bertz CT molecular complexity index is 486. The Hall–Kier alpha value is -0.690. The zero-order valence-electron chi connectivity index (χ0n) is 11.9. The Morgan fingerprint density at radius 1 is 1.50 bits per heavy atom. The Morgan fingerprint density at radius 3 is 3.00 bits per heavy atom. The standard InChI is InChI=1S/C16H21ClN2S/c1-2-9-19-16(12-18)8-7-14(10-16)20-11-13-5-3-4-6-15(13)17/h3-6,14,19H,2,7-11H2,1H3. The number of hydrogen-bond donors (Lipinski definition) is 1. The molecule has 1 aliphatic rings. The summed E-state index contributed by atoms with van der Waals surface area (Å²) in [7, 11) is 0. The molecule has 0 saturated heterocycles. The summed E-state index contributed by atoms with van der Waals surface area (Å²) in [6, 6.07) is 10.5. The molecule has 4 heteroatoms. The van der Waals surface area contributed by atoms with E-state index in [0.29, 0.717) is 5.25 Å². The molecule has 1 N–H and O–H groups in total. The number of hydrogen-bond acceptors (Lipinski definition) is 3. The van der Waals surface area contributed by atoms with E-state index in [1.807, 2.05) is 30.0 Å². The quantitative estimate of drug-likeness (QED) is 0.846. The molecule has 108 valence electrons. The largest absolute Gasteiger partial charge is 0.299 e. The van der Waals surface area contributed by atoms with Gasteiger partial charge in [0.2, 0.25) is 0 Å². The van der Waals surface area contributed by atoms with Crippen LogP contribution in [0.4, 0.5) is 0 Å². The molecule has 1 aromatic rings. The van der Waals surface area contributed by atoms with Crippen molar-refractivity contribution >= 4 is 23.4 Å². The summed E-state index contributed by atoms with van der Waals surface area (Å²) in [4.78, 5) is 0. The maximum atomic E-state index is 9.45. The van der Waals surface area contributed by atoms with Crippen LogP contribution in [0.1, 0.15) is 38.2 Å². The number of halogens is 1. The zero-order valence-corrected chi connectivity index (χ0v) is 13.4. The van der Waals surface area contributed by atoms with Crippen LogP contribution in [0.5, 0.6) is 0 Å². The van der Waals surface area contributed by atoms with Gasteiger partial charge in [-0.15, -0.1) is 0 Å². The number of benzene rings is 1. The minimum Gasteiger partial charge on any atom is -0.299 e. The minimum atomic E-state index is -0.297. The SMILES string of the molecule is CCCNC1(C#N)CCC(SCc2ccccc2Cl)C1. The van der Waals surface area contributed by atoms with Gasteiger partial charge in [0.15, 0.2) is 0 Å². The maximum Gasteiger partial charge on any atom is 0.107 e. The molecule has 1 fully saturated rings. The number of rotatable bonds is 6. The van der Waals surface area contributed by atoms with Gasteiger partial charge in [-0.3, -0.25) is 5.32 Å². The monoisotopic (exact) mass is 308 g/mol. The number of nitrogens with one attached hydrogen (secondary N) is 1. The first-order valence-corrected chi connectivity index (χ1v) is 8.63. The second-order valence-corrected chi connectivity index (χ2v) is 7.08. The summed E-state index contributed by atoms with van der Waals surface area (Å²) in [5, 5.41) is 14.3.